The third-order valence-electron chi connectivity index (χ3n) is 5.61. The van der Waals surface area contributed by atoms with Crippen LogP contribution in [0, 0.1) is 6.92 Å². The molecule has 8 nitrogen and oxygen atoms in total. The molecule has 3 rings (SSSR count). The van der Waals surface area contributed by atoms with Gasteiger partial charge in [-0.15, -0.1) is 0 Å². The second-order valence-corrected chi connectivity index (χ2v) is 10.0. The van der Waals surface area contributed by atoms with Crippen LogP contribution in [0.15, 0.2) is 23.1 Å². The van der Waals surface area contributed by atoms with E-state index in [0.29, 0.717) is 51.6 Å². The number of nitrogens with one attached hydrogen (secondary N) is 1. The standard InChI is InChI=1S/C20H31N3O5S/c1-16-4-5-17(29(25,26)23-8-12-28-13-9-23)14-18(16)19(24)21-15-20(2,3)22-6-10-27-11-7-22/h4-5,14H,6-13,15H2,1-3H3,(H,21,24). The van der Waals surface area contributed by atoms with E-state index in [1.165, 1.54) is 10.4 Å². The molecule has 0 bridgehead atoms. The number of rotatable bonds is 6. The predicted octanol–water partition coefficient (Wildman–Crippen LogP) is 0.857. The summed E-state index contributed by atoms with van der Waals surface area (Å²) in [7, 11) is -3.64. The third-order valence-corrected chi connectivity index (χ3v) is 7.50. The smallest absolute Gasteiger partial charge is 0.251 e. The van der Waals surface area contributed by atoms with Crippen LogP contribution in [-0.2, 0) is 19.5 Å². The SMILES string of the molecule is Cc1ccc(S(=O)(=O)N2CCOCC2)cc1C(=O)NCC(C)(C)N1CCOCC1. The van der Waals surface area contributed by atoms with Gasteiger partial charge in [0.05, 0.1) is 31.3 Å². The van der Waals surface area contributed by atoms with Crippen molar-refractivity contribution in [1.29, 1.82) is 0 Å². The normalized spacial score (nSPS) is 19.8. The fourth-order valence-electron chi connectivity index (χ4n) is 3.61. The molecule has 9 heteroatoms. The second kappa shape index (κ2) is 9.09. The molecule has 2 saturated heterocycles. The number of aryl methyl sites for hydroxylation is 1. The molecular weight excluding hydrogens is 394 g/mol. The maximum Gasteiger partial charge on any atom is 0.251 e. The number of benzene rings is 1. The molecule has 1 N–H and O–H groups in total. The molecule has 2 aliphatic rings. The number of carbonyl (C=O) groups excluding carboxylic acids is 1. The van der Waals surface area contributed by atoms with Crippen LogP contribution in [0.2, 0.25) is 0 Å². The Bertz CT molecular complexity index is 829. The molecule has 162 valence electrons. The summed E-state index contributed by atoms with van der Waals surface area (Å²) in [6.45, 7) is 10.9. The number of hydrogen-bond acceptors (Lipinski definition) is 6. The fraction of sp³-hybridized carbons (Fsp3) is 0.650. The van der Waals surface area contributed by atoms with Gasteiger partial charge in [-0.2, -0.15) is 4.31 Å². The molecule has 0 radical (unpaired) electrons. The molecule has 2 heterocycles. The van der Waals surface area contributed by atoms with E-state index in [0.717, 1.165) is 18.7 Å². The Morgan fingerprint density at radius 3 is 2.28 bits per heavy atom. The van der Waals surface area contributed by atoms with Crippen molar-refractivity contribution < 1.29 is 22.7 Å². The Balaban J connectivity index is 1.72. The summed E-state index contributed by atoms with van der Waals surface area (Å²) in [6.07, 6.45) is 0. The number of morpholine rings is 2. The Labute approximate surface area is 173 Å². The molecule has 2 aliphatic heterocycles. The maximum absolute atomic E-state index is 12.9. The average molecular weight is 426 g/mol. The zero-order valence-electron chi connectivity index (χ0n) is 17.4. The summed E-state index contributed by atoms with van der Waals surface area (Å²) in [4.78, 5) is 15.3. The van der Waals surface area contributed by atoms with Crippen molar-refractivity contribution >= 4 is 15.9 Å². The zero-order valence-corrected chi connectivity index (χ0v) is 18.3. The van der Waals surface area contributed by atoms with Gasteiger partial charge in [-0.3, -0.25) is 9.69 Å². The molecule has 1 aromatic carbocycles. The Hall–Kier alpha value is -1.52. The van der Waals surface area contributed by atoms with Crippen LogP contribution in [0.25, 0.3) is 0 Å². The first-order valence-electron chi connectivity index (χ1n) is 10.0. The first-order valence-corrected chi connectivity index (χ1v) is 11.5. The van der Waals surface area contributed by atoms with E-state index in [9.17, 15) is 13.2 Å². The summed E-state index contributed by atoms with van der Waals surface area (Å²) >= 11 is 0. The van der Waals surface area contributed by atoms with Gasteiger partial charge in [-0.05, 0) is 38.5 Å². The number of ether oxygens (including phenoxy) is 2. The molecule has 0 atom stereocenters. The van der Waals surface area contributed by atoms with Crippen LogP contribution < -0.4 is 5.32 Å². The average Bonchev–Trinajstić information content (AvgIpc) is 2.73. The van der Waals surface area contributed by atoms with Crippen molar-refractivity contribution in [3.05, 3.63) is 29.3 Å². The summed E-state index contributed by atoms with van der Waals surface area (Å²) in [5.74, 6) is -0.261. The molecule has 0 unspecified atom stereocenters. The molecule has 0 spiro atoms. The quantitative estimate of drug-likeness (QED) is 0.727. The van der Waals surface area contributed by atoms with Crippen LogP contribution in [0.4, 0.5) is 0 Å². The first kappa shape index (κ1) is 22.2. The summed E-state index contributed by atoms with van der Waals surface area (Å²) in [6, 6.07) is 4.74. The molecule has 1 amide bonds. The Morgan fingerprint density at radius 1 is 1.07 bits per heavy atom. The lowest BCUT2D eigenvalue weighted by Gasteiger charge is -2.40. The highest BCUT2D eigenvalue weighted by molar-refractivity contribution is 7.89. The minimum atomic E-state index is -3.64. The number of sulfonamides is 1. The lowest BCUT2D eigenvalue weighted by molar-refractivity contribution is -0.00923. The highest BCUT2D eigenvalue weighted by Crippen LogP contribution is 2.21. The van der Waals surface area contributed by atoms with Crippen LogP contribution >= 0.6 is 0 Å². The summed E-state index contributed by atoms with van der Waals surface area (Å²) in [5, 5.41) is 2.99. The highest BCUT2D eigenvalue weighted by Gasteiger charge is 2.30. The fourth-order valence-corrected chi connectivity index (χ4v) is 5.05. The minimum absolute atomic E-state index is 0.141. The number of nitrogens with zero attached hydrogens (tertiary/aromatic N) is 2. The van der Waals surface area contributed by atoms with E-state index < -0.39 is 10.0 Å². The van der Waals surface area contributed by atoms with Crippen molar-refractivity contribution in [2.45, 2.75) is 31.2 Å². The molecule has 0 saturated carbocycles. The van der Waals surface area contributed by atoms with Gasteiger partial charge in [-0.1, -0.05) is 6.07 Å². The lowest BCUT2D eigenvalue weighted by Crippen LogP contribution is -2.55. The minimum Gasteiger partial charge on any atom is -0.379 e. The van der Waals surface area contributed by atoms with Gasteiger partial charge >= 0.3 is 0 Å². The molecule has 0 aliphatic carbocycles. The van der Waals surface area contributed by atoms with Gasteiger partial charge in [0.1, 0.15) is 0 Å². The van der Waals surface area contributed by atoms with Crippen molar-refractivity contribution in [2.75, 3.05) is 59.2 Å². The maximum atomic E-state index is 12.9. The van der Waals surface area contributed by atoms with Crippen molar-refractivity contribution in [2.24, 2.45) is 0 Å². The van der Waals surface area contributed by atoms with E-state index in [-0.39, 0.29) is 16.3 Å². The van der Waals surface area contributed by atoms with Crippen molar-refractivity contribution in [3.8, 4) is 0 Å². The molecular formula is C20H31N3O5S. The van der Waals surface area contributed by atoms with Gasteiger partial charge in [0.2, 0.25) is 10.0 Å². The highest BCUT2D eigenvalue weighted by atomic mass is 32.2. The van der Waals surface area contributed by atoms with E-state index in [4.69, 9.17) is 9.47 Å². The molecule has 2 fully saturated rings. The van der Waals surface area contributed by atoms with E-state index in [2.05, 4.69) is 24.1 Å². The molecule has 0 aromatic heterocycles. The third kappa shape index (κ3) is 5.16. The van der Waals surface area contributed by atoms with Gasteiger partial charge in [0.25, 0.3) is 5.91 Å². The predicted molar refractivity (Wildman–Crippen MR) is 110 cm³/mol. The largest absolute Gasteiger partial charge is 0.379 e. The lowest BCUT2D eigenvalue weighted by atomic mass is 10.0. The van der Waals surface area contributed by atoms with Gasteiger partial charge in [-0.25, -0.2) is 8.42 Å². The van der Waals surface area contributed by atoms with Crippen molar-refractivity contribution in [1.82, 2.24) is 14.5 Å². The van der Waals surface area contributed by atoms with Crippen LogP contribution in [0.5, 0.6) is 0 Å². The van der Waals surface area contributed by atoms with Gasteiger partial charge < -0.3 is 14.8 Å². The van der Waals surface area contributed by atoms with Gasteiger partial charge in [0, 0.05) is 43.8 Å². The zero-order chi connectivity index (χ0) is 21.1. The number of carbonyl (C=O) groups is 1. The topological polar surface area (TPSA) is 88.2 Å². The molecule has 1 aromatic rings. The monoisotopic (exact) mass is 425 g/mol. The van der Waals surface area contributed by atoms with Gasteiger partial charge in [0.15, 0.2) is 0 Å². The number of amides is 1. The van der Waals surface area contributed by atoms with Crippen LogP contribution in [-0.4, -0.2) is 88.2 Å². The van der Waals surface area contributed by atoms with E-state index in [1.54, 1.807) is 12.1 Å². The second-order valence-electron chi connectivity index (χ2n) is 8.09. The Morgan fingerprint density at radius 2 is 1.66 bits per heavy atom. The van der Waals surface area contributed by atoms with E-state index >= 15 is 0 Å². The summed E-state index contributed by atoms with van der Waals surface area (Å²) in [5.41, 5.74) is 0.912. The first-order chi connectivity index (χ1) is 13.7. The summed E-state index contributed by atoms with van der Waals surface area (Å²) < 4.78 is 37.9. The number of hydrogen-bond donors (Lipinski definition) is 1. The van der Waals surface area contributed by atoms with Crippen molar-refractivity contribution in [3.63, 3.8) is 0 Å². The van der Waals surface area contributed by atoms with Crippen LogP contribution in [0.3, 0.4) is 0 Å². The Kier molecular flexibility index (Phi) is 6.95. The van der Waals surface area contributed by atoms with Crippen LogP contribution in [0.1, 0.15) is 29.8 Å². The molecule has 29 heavy (non-hydrogen) atoms. The van der Waals surface area contributed by atoms with E-state index in [1.807, 2.05) is 6.92 Å².